The average molecular weight is 340 g/mol. The van der Waals surface area contributed by atoms with Crippen molar-refractivity contribution in [3.8, 4) is 0 Å². The van der Waals surface area contributed by atoms with Crippen LogP contribution in [0, 0.1) is 0 Å². The molecule has 130 valence electrons. The van der Waals surface area contributed by atoms with E-state index in [0.29, 0.717) is 23.7 Å². The van der Waals surface area contributed by atoms with Crippen molar-refractivity contribution in [3.05, 3.63) is 47.8 Å². The smallest absolute Gasteiger partial charge is 0.274 e. The van der Waals surface area contributed by atoms with E-state index >= 15 is 0 Å². The van der Waals surface area contributed by atoms with Gasteiger partial charge in [-0.2, -0.15) is 0 Å². The summed E-state index contributed by atoms with van der Waals surface area (Å²) in [5.74, 6) is 0.0452. The highest BCUT2D eigenvalue weighted by Crippen LogP contribution is 2.13. The molecule has 2 heterocycles. The van der Waals surface area contributed by atoms with Gasteiger partial charge in [-0.1, -0.05) is 0 Å². The summed E-state index contributed by atoms with van der Waals surface area (Å²) in [7, 11) is 0. The Morgan fingerprint density at radius 3 is 2.72 bits per heavy atom. The van der Waals surface area contributed by atoms with Gasteiger partial charge in [-0.25, -0.2) is 9.97 Å². The summed E-state index contributed by atoms with van der Waals surface area (Å²) in [6.45, 7) is 2.91. The molecule has 1 aliphatic heterocycles. The molecule has 0 saturated carbocycles. The Hall–Kier alpha value is -2.80. The second kappa shape index (κ2) is 7.85. The Morgan fingerprint density at radius 2 is 2.04 bits per heavy atom. The molecule has 0 aliphatic carbocycles. The van der Waals surface area contributed by atoms with Crippen molar-refractivity contribution in [2.75, 3.05) is 23.8 Å². The van der Waals surface area contributed by atoms with Crippen LogP contribution in [0.4, 0.5) is 11.6 Å². The number of anilines is 2. The van der Waals surface area contributed by atoms with Gasteiger partial charge in [-0.3, -0.25) is 9.59 Å². The van der Waals surface area contributed by atoms with Gasteiger partial charge in [0.1, 0.15) is 5.69 Å². The first-order chi connectivity index (χ1) is 12.1. The Labute approximate surface area is 145 Å². The van der Waals surface area contributed by atoms with Crippen molar-refractivity contribution in [3.63, 3.8) is 0 Å². The first-order valence-electron chi connectivity index (χ1n) is 8.23. The van der Waals surface area contributed by atoms with E-state index in [2.05, 4.69) is 20.6 Å². The number of Topliss-reactive ketones (excluding diaryl/α,β-unsaturated/α-hetero) is 1. The van der Waals surface area contributed by atoms with Crippen LogP contribution in [-0.2, 0) is 4.74 Å². The van der Waals surface area contributed by atoms with E-state index in [1.807, 2.05) is 0 Å². The predicted octanol–water partition coefficient (Wildman–Crippen LogP) is 2.52. The Bertz CT molecular complexity index is 755. The minimum Gasteiger partial charge on any atom is -0.376 e. The average Bonchev–Trinajstić information content (AvgIpc) is 3.14. The number of benzene rings is 1. The Kier molecular flexibility index (Phi) is 5.35. The zero-order valence-electron chi connectivity index (χ0n) is 14.0. The van der Waals surface area contributed by atoms with Crippen molar-refractivity contribution in [1.29, 1.82) is 0 Å². The summed E-state index contributed by atoms with van der Waals surface area (Å²) in [5.41, 5.74) is 1.46. The van der Waals surface area contributed by atoms with Gasteiger partial charge in [0.25, 0.3) is 5.91 Å². The number of amides is 1. The van der Waals surface area contributed by atoms with Crippen LogP contribution in [0.1, 0.15) is 40.6 Å². The lowest BCUT2D eigenvalue weighted by molar-refractivity contribution is 0.101. The van der Waals surface area contributed by atoms with E-state index in [1.54, 1.807) is 36.5 Å². The van der Waals surface area contributed by atoms with Gasteiger partial charge in [0.15, 0.2) is 5.78 Å². The highest BCUT2D eigenvalue weighted by atomic mass is 16.5. The van der Waals surface area contributed by atoms with E-state index in [4.69, 9.17) is 4.74 Å². The topological polar surface area (TPSA) is 93.2 Å². The normalized spacial score (nSPS) is 16.4. The number of nitrogens with one attached hydrogen (secondary N) is 2. The summed E-state index contributed by atoms with van der Waals surface area (Å²) in [6.07, 6.45) is 3.79. The van der Waals surface area contributed by atoms with Crippen molar-refractivity contribution < 1.29 is 14.3 Å². The Balaban J connectivity index is 1.61. The molecule has 1 saturated heterocycles. The molecule has 2 aromatic rings. The third kappa shape index (κ3) is 4.60. The minimum atomic E-state index is -0.335. The monoisotopic (exact) mass is 340 g/mol. The van der Waals surface area contributed by atoms with Crippen LogP contribution in [0.25, 0.3) is 0 Å². The van der Waals surface area contributed by atoms with Crippen LogP contribution in [-0.4, -0.2) is 40.9 Å². The van der Waals surface area contributed by atoms with Crippen LogP contribution in [0.5, 0.6) is 0 Å². The van der Waals surface area contributed by atoms with Crippen molar-refractivity contribution in [2.24, 2.45) is 0 Å². The molecule has 3 rings (SSSR count). The SMILES string of the molecule is CC(=O)c1ccc(NC(=O)c2ccnc(NCC3CCCO3)n2)cc1. The third-order valence-corrected chi connectivity index (χ3v) is 3.95. The highest BCUT2D eigenvalue weighted by molar-refractivity contribution is 6.03. The predicted molar refractivity (Wildman–Crippen MR) is 93.9 cm³/mol. The van der Waals surface area contributed by atoms with Crippen LogP contribution < -0.4 is 10.6 Å². The lowest BCUT2D eigenvalue weighted by Crippen LogP contribution is -2.21. The van der Waals surface area contributed by atoms with Gasteiger partial charge in [0.2, 0.25) is 5.95 Å². The van der Waals surface area contributed by atoms with E-state index < -0.39 is 0 Å². The van der Waals surface area contributed by atoms with Crippen molar-refractivity contribution in [1.82, 2.24) is 9.97 Å². The van der Waals surface area contributed by atoms with E-state index in [1.165, 1.54) is 6.92 Å². The number of aromatic nitrogens is 2. The number of carbonyl (C=O) groups excluding carboxylic acids is 2. The minimum absolute atomic E-state index is 0.0179. The molecule has 1 aliphatic rings. The Morgan fingerprint density at radius 1 is 1.24 bits per heavy atom. The van der Waals surface area contributed by atoms with Gasteiger partial charge in [0.05, 0.1) is 6.10 Å². The van der Waals surface area contributed by atoms with E-state index in [-0.39, 0.29) is 23.5 Å². The summed E-state index contributed by atoms with van der Waals surface area (Å²) >= 11 is 0. The number of hydrogen-bond acceptors (Lipinski definition) is 6. The number of ether oxygens (including phenoxy) is 1. The van der Waals surface area contributed by atoms with Gasteiger partial charge in [-0.05, 0) is 50.1 Å². The molecule has 1 aromatic heterocycles. The fourth-order valence-electron chi connectivity index (χ4n) is 2.56. The van der Waals surface area contributed by atoms with E-state index in [9.17, 15) is 9.59 Å². The summed E-state index contributed by atoms with van der Waals surface area (Å²) in [6, 6.07) is 8.27. The van der Waals surface area contributed by atoms with Gasteiger partial charge < -0.3 is 15.4 Å². The van der Waals surface area contributed by atoms with Gasteiger partial charge >= 0.3 is 0 Å². The first kappa shape index (κ1) is 17.0. The standard InChI is InChI=1S/C18H20N4O3/c1-12(23)13-4-6-14(7-5-13)21-17(24)16-8-9-19-18(22-16)20-11-15-3-2-10-25-15/h4-9,15H,2-3,10-11H2,1H3,(H,21,24)(H,19,20,22). The molecule has 1 atom stereocenters. The lowest BCUT2D eigenvalue weighted by Gasteiger charge is -2.11. The zero-order valence-corrected chi connectivity index (χ0v) is 14.0. The second-order valence-corrected chi connectivity index (χ2v) is 5.87. The van der Waals surface area contributed by atoms with Gasteiger partial charge in [-0.15, -0.1) is 0 Å². The van der Waals surface area contributed by atoms with Crippen LogP contribution in [0.2, 0.25) is 0 Å². The summed E-state index contributed by atoms with van der Waals surface area (Å²) in [4.78, 5) is 32.0. The summed E-state index contributed by atoms with van der Waals surface area (Å²) in [5, 5.41) is 5.86. The maximum Gasteiger partial charge on any atom is 0.274 e. The maximum absolute atomic E-state index is 12.3. The molecule has 2 N–H and O–H groups in total. The molecule has 1 amide bonds. The van der Waals surface area contributed by atoms with E-state index in [0.717, 1.165) is 19.4 Å². The van der Waals surface area contributed by atoms with Crippen LogP contribution >= 0.6 is 0 Å². The number of hydrogen-bond donors (Lipinski definition) is 2. The fourth-order valence-corrected chi connectivity index (χ4v) is 2.56. The highest BCUT2D eigenvalue weighted by Gasteiger charge is 2.16. The van der Waals surface area contributed by atoms with Crippen molar-refractivity contribution in [2.45, 2.75) is 25.9 Å². The third-order valence-electron chi connectivity index (χ3n) is 3.95. The molecule has 25 heavy (non-hydrogen) atoms. The molecule has 1 aromatic carbocycles. The molecule has 1 unspecified atom stereocenters. The first-order valence-corrected chi connectivity index (χ1v) is 8.23. The summed E-state index contributed by atoms with van der Waals surface area (Å²) < 4.78 is 5.54. The quantitative estimate of drug-likeness (QED) is 0.785. The molecular weight excluding hydrogens is 320 g/mol. The molecule has 0 bridgehead atoms. The number of rotatable bonds is 6. The maximum atomic E-state index is 12.3. The molecule has 1 fully saturated rings. The van der Waals surface area contributed by atoms with Crippen LogP contribution in [0.3, 0.4) is 0 Å². The molecule has 0 spiro atoms. The second-order valence-electron chi connectivity index (χ2n) is 5.87. The number of ketones is 1. The lowest BCUT2D eigenvalue weighted by atomic mass is 10.1. The number of carbonyl (C=O) groups is 2. The van der Waals surface area contributed by atoms with Crippen molar-refractivity contribution >= 4 is 23.3 Å². The fraction of sp³-hybridized carbons (Fsp3) is 0.333. The zero-order chi connectivity index (χ0) is 17.6. The largest absolute Gasteiger partial charge is 0.376 e. The number of nitrogens with zero attached hydrogens (tertiary/aromatic N) is 2. The van der Waals surface area contributed by atoms with Gasteiger partial charge in [0, 0.05) is 30.6 Å². The molecule has 7 nitrogen and oxygen atoms in total. The van der Waals surface area contributed by atoms with Crippen LogP contribution in [0.15, 0.2) is 36.5 Å². The molecule has 7 heteroatoms. The molecular formula is C18H20N4O3. The molecule has 0 radical (unpaired) electrons.